The summed E-state index contributed by atoms with van der Waals surface area (Å²) in [6.45, 7) is 1.50. The number of aliphatic hydroxyl groups is 1. The first-order valence-electron chi connectivity index (χ1n) is 10.4. The Labute approximate surface area is 196 Å². The van der Waals surface area contributed by atoms with Gasteiger partial charge in [0.05, 0.1) is 24.4 Å². The molecule has 0 amide bonds. The second-order valence-corrected chi connectivity index (χ2v) is 9.01. The van der Waals surface area contributed by atoms with Crippen LogP contribution in [0.5, 0.6) is 0 Å². The van der Waals surface area contributed by atoms with E-state index in [1.54, 1.807) is 31.2 Å². The maximum Gasteiger partial charge on any atom is 0.271 e. The van der Waals surface area contributed by atoms with Crippen molar-refractivity contribution in [2.75, 3.05) is 0 Å². The number of aromatic nitrogens is 5. The van der Waals surface area contributed by atoms with Crippen LogP contribution in [0.2, 0.25) is 0 Å². The van der Waals surface area contributed by atoms with Gasteiger partial charge in [0, 0.05) is 10.4 Å². The molecule has 3 heterocycles. The molecule has 1 N–H and O–H groups in total. The third kappa shape index (κ3) is 3.80. The van der Waals surface area contributed by atoms with E-state index in [0.717, 1.165) is 10.4 Å². The van der Waals surface area contributed by atoms with Crippen LogP contribution < -0.4 is 5.56 Å². The molecule has 5 aromatic rings. The van der Waals surface area contributed by atoms with Crippen molar-refractivity contribution in [1.29, 1.82) is 0 Å². The Morgan fingerprint density at radius 3 is 2.59 bits per heavy atom. The number of fused-ring (bicyclic) bond motifs is 1. The number of benzene rings is 2. The average Bonchev–Trinajstić information content (AvgIpc) is 3.50. The molecule has 7 nitrogen and oxygen atoms in total. The minimum absolute atomic E-state index is 0.0307. The first kappa shape index (κ1) is 22.1. The summed E-state index contributed by atoms with van der Waals surface area (Å²) >= 11 is 1.23. The molecule has 0 saturated heterocycles. The molecule has 0 bridgehead atoms. The predicted molar refractivity (Wildman–Crippen MR) is 124 cm³/mol. The van der Waals surface area contributed by atoms with E-state index in [0.29, 0.717) is 10.2 Å². The van der Waals surface area contributed by atoms with Crippen molar-refractivity contribution in [3.63, 3.8) is 0 Å². The summed E-state index contributed by atoms with van der Waals surface area (Å²) in [6.07, 6.45) is 4.08. The van der Waals surface area contributed by atoms with Gasteiger partial charge in [-0.1, -0.05) is 30.3 Å². The monoisotopic (exact) mass is 479 g/mol. The summed E-state index contributed by atoms with van der Waals surface area (Å²) < 4.78 is 31.2. The van der Waals surface area contributed by atoms with Crippen molar-refractivity contribution in [3.8, 4) is 10.4 Å². The fraction of sp³-hybridized carbons (Fsp3) is 0.167. The van der Waals surface area contributed by atoms with E-state index >= 15 is 0 Å². The number of hydrogen-bond acceptors (Lipinski definition) is 6. The molecule has 0 aliphatic rings. The van der Waals surface area contributed by atoms with Crippen molar-refractivity contribution in [1.82, 2.24) is 24.3 Å². The zero-order chi connectivity index (χ0) is 23.9. The Morgan fingerprint density at radius 1 is 1.12 bits per heavy atom. The normalized spacial score (nSPS) is 14.2. The molecule has 0 fully saturated rings. The van der Waals surface area contributed by atoms with Gasteiger partial charge < -0.3 is 5.11 Å². The minimum Gasteiger partial charge on any atom is -0.381 e. The summed E-state index contributed by atoms with van der Waals surface area (Å²) in [5.41, 5.74) is -0.928. The van der Waals surface area contributed by atoms with Gasteiger partial charge in [0.2, 0.25) is 0 Å². The van der Waals surface area contributed by atoms with E-state index < -0.39 is 17.5 Å². The van der Waals surface area contributed by atoms with E-state index in [9.17, 15) is 18.7 Å². The number of halogens is 2. The zero-order valence-corrected chi connectivity index (χ0v) is 18.8. The van der Waals surface area contributed by atoms with Crippen molar-refractivity contribution >= 4 is 21.6 Å². The Hall–Kier alpha value is -3.76. The van der Waals surface area contributed by atoms with Gasteiger partial charge in [0.15, 0.2) is 0 Å². The van der Waals surface area contributed by atoms with Crippen LogP contribution in [-0.4, -0.2) is 29.4 Å². The molecule has 172 valence electrons. The highest BCUT2D eigenvalue weighted by Gasteiger charge is 2.40. The number of rotatable bonds is 6. The fourth-order valence-corrected chi connectivity index (χ4v) is 5.06. The number of nitrogens with zero attached hydrogens (tertiary/aromatic N) is 5. The Morgan fingerprint density at radius 2 is 1.88 bits per heavy atom. The van der Waals surface area contributed by atoms with E-state index in [1.165, 1.54) is 69.9 Å². The second kappa shape index (κ2) is 8.54. The van der Waals surface area contributed by atoms with Gasteiger partial charge in [0.25, 0.3) is 5.56 Å². The van der Waals surface area contributed by atoms with Crippen LogP contribution in [0.25, 0.3) is 20.7 Å². The van der Waals surface area contributed by atoms with E-state index in [4.69, 9.17) is 0 Å². The molecular formula is C24H19F2N5O2S. The van der Waals surface area contributed by atoms with Gasteiger partial charge in [-0.15, -0.1) is 11.3 Å². The van der Waals surface area contributed by atoms with Gasteiger partial charge in [-0.05, 0) is 36.8 Å². The quantitative estimate of drug-likeness (QED) is 0.396. The molecular weight excluding hydrogens is 460 g/mol. The fourth-order valence-electron chi connectivity index (χ4n) is 4.00. The van der Waals surface area contributed by atoms with E-state index in [-0.39, 0.29) is 23.5 Å². The molecule has 2 unspecified atom stereocenters. The van der Waals surface area contributed by atoms with Gasteiger partial charge in [0.1, 0.15) is 34.6 Å². The topological polar surface area (TPSA) is 85.8 Å². The highest BCUT2D eigenvalue weighted by molar-refractivity contribution is 7.22. The summed E-state index contributed by atoms with van der Waals surface area (Å²) in [7, 11) is 0. The van der Waals surface area contributed by atoms with Crippen molar-refractivity contribution < 1.29 is 13.9 Å². The molecule has 0 aliphatic carbocycles. The van der Waals surface area contributed by atoms with Gasteiger partial charge in [-0.3, -0.25) is 9.36 Å². The largest absolute Gasteiger partial charge is 0.381 e. The van der Waals surface area contributed by atoms with Gasteiger partial charge >= 0.3 is 0 Å². The summed E-state index contributed by atoms with van der Waals surface area (Å²) in [6, 6.07) is 12.7. The van der Waals surface area contributed by atoms with Crippen LogP contribution >= 0.6 is 11.3 Å². The average molecular weight is 480 g/mol. The van der Waals surface area contributed by atoms with Crippen LogP contribution in [0.1, 0.15) is 18.5 Å². The van der Waals surface area contributed by atoms with Crippen LogP contribution in [0, 0.1) is 11.6 Å². The lowest BCUT2D eigenvalue weighted by atomic mass is 9.86. The SMILES string of the molecule is CC(n1cnc2cc(-c3ccc(F)cc3)sc2c1=O)C(O)(Cn1cncn1)c1ccccc1F. The second-order valence-electron chi connectivity index (χ2n) is 7.96. The van der Waals surface area contributed by atoms with Crippen molar-refractivity contribution in [2.24, 2.45) is 0 Å². The van der Waals surface area contributed by atoms with Crippen LogP contribution in [0.15, 0.2) is 78.4 Å². The third-order valence-corrected chi connectivity index (χ3v) is 7.07. The molecule has 3 aromatic heterocycles. The Kier molecular flexibility index (Phi) is 5.54. The molecule has 0 aliphatic heterocycles. The van der Waals surface area contributed by atoms with E-state index in [2.05, 4.69) is 15.1 Å². The van der Waals surface area contributed by atoms with E-state index in [1.807, 2.05) is 0 Å². The van der Waals surface area contributed by atoms with Crippen molar-refractivity contribution in [2.45, 2.75) is 25.1 Å². The molecule has 34 heavy (non-hydrogen) atoms. The first-order valence-corrected chi connectivity index (χ1v) is 11.2. The third-order valence-electron chi connectivity index (χ3n) is 5.91. The number of thiophene rings is 1. The van der Waals surface area contributed by atoms with Crippen LogP contribution in [-0.2, 0) is 12.1 Å². The highest BCUT2D eigenvalue weighted by Crippen LogP contribution is 2.37. The van der Waals surface area contributed by atoms with Gasteiger partial charge in [-0.2, -0.15) is 5.10 Å². The molecule has 5 rings (SSSR count). The highest BCUT2D eigenvalue weighted by atomic mass is 32.1. The minimum atomic E-state index is -1.84. The Bertz CT molecular complexity index is 1510. The van der Waals surface area contributed by atoms with Crippen LogP contribution in [0.3, 0.4) is 0 Å². The maximum atomic E-state index is 14.8. The molecule has 2 aromatic carbocycles. The molecule has 0 spiro atoms. The summed E-state index contributed by atoms with van der Waals surface area (Å²) in [5, 5.41) is 15.9. The standard InChI is InChI=1S/C24H19F2N5O2S/c1-15(24(33,11-30-13-27-12-29-30)18-4-2-3-5-19(18)26)31-14-28-20-10-21(34-22(20)23(31)32)16-6-8-17(25)9-7-16/h2-10,12-15,33H,11H2,1H3. The summed E-state index contributed by atoms with van der Waals surface area (Å²) in [4.78, 5) is 22.5. The molecule has 2 atom stereocenters. The lowest BCUT2D eigenvalue weighted by Gasteiger charge is -2.35. The van der Waals surface area contributed by atoms with Gasteiger partial charge in [-0.25, -0.2) is 23.4 Å². The molecule has 10 heteroatoms. The molecule has 0 radical (unpaired) electrons. The Balaban J connectivity index is 1.61. The van der Waals surface area contributed by atoms with Crippen LogP contribution in [0.4, 0.5) is 8.78 Å². The smallest absolute Gasteiger partial charge is 0.271 e. The lowest BCUT2D eigenvalue weighted by Crippen LogP contribution is -2.43. The maximum absolute atomic E-state index is 14.8. The first-order chi connectivity index (χ1) is 16.4. The lowest BCUT2D eigenvalue weighted by molar-refractivity contribution is -0.0342. The summed E-state index contributed by atoms with van der Waals surface area (Å²) in [5.74, 6) is -0.951. The molecule has 0 saturated carbocycles. The zero-order valence-electron chi connectivity index (χ0n) is 18.0. The predicted octanol–water partition coefficient (Wildman–Crippen LogP) is 4.14. The number of hydrogen-bond donors (Lipinski definition) is 1. The van der Waals surface area contributed by atoms with Crippen molar-refractivity contribution in [3.05, 3.63) is 101 Å².